The standard InChI is InChI=1S/C19H31N3O.CH2O2/c1-21(2)18-12-11-17(14-22(3)15-18)19(23)20-13-7-10-16-8-5-4-6-9-16;2-1-3/h4-6,8-9,17-18H,7,10-15H2,1-3H3,(H,20,23);1H,(H,2,3)/t17-,18+;/m1./s1. The van der Waals surface area contributed by atoms with Crippen molar-refractivity contribution < 1.29 is 14.7 Å². The van der Waals surface area contributed by atoms with E-state index in [9.17, 15) is 4.79 Å². The molecule has 1 fully saturated rings. The minimum absolute atomic E-state index is 0.127. The first kappa shape index (κ1) is 22.1. The van der Waals surface area contributed by atoms with Crippen molar-refractivity contribution in [2.45, 2.75) is 31.7 Å². The fourth-order valence-corrected chi connectivity index (χ4v) is 3.32. The van der Waals surface area contributed by atoms with Gasteiger partial charge in [-0.05, 0) is 52.4 Å². The highest BCUT2D eigenvalue weighted by atomic mass is 16.3. The largest absolute Gasteiger partial charge is 0.483 e. The predicted octanol–water partition coefficient (Wildman–Crippen LogP) is 1.71. The quantitative estimate of drug-likeness (QED) is 0.595. The summed E-state index contributed by atoms with van der Waals surface area (Å²) < 4.78 is 0. The van der Waals surface area contributed by atoms with Gasteiger partial charge in [-0.15, -0.1) is 0 Å². The summed E-state index contributed by atoms with van der Waals surface area (Å²) >= 11 is 0. The van der Waals surface area contributed by atoms with Gasteiger partial charge in [0.1, 0.15) is 0 Å². The molecule has 0 radical (unpaired) electrons. The Kier molecular flexibility index (Phi) is 10.6. The molecule has 2 atom stereocenters. The molecule has 0 saturated carbocycles. The summed E-state index contributed by atoms with van der Waals surface area (Å²) in [7, 11) is 6.38. The van der Waals surface area contributed by atoms with E-state index in [1.54, 1.807) is 0 Å². The summed E-state index contributed by atoms with van der Waals surface area (Å²) in [5.74, 6) is 0.353. The van der Waals surface area contributed by atoms with Crippen molar-refractivity contribution in [3.8, 4) is 0 Å². The highest BCUT2D eigenvalue weighted by Crippen LogP contribution is 2.18. The Morgan fingerprint density at radius 1 is 1.27 bits per heavy atom. The molecule has 1 aromatic rings. The van der Waals surface area contributed by atoms with Crippen molar-refractivity contribution >= 4 is 12.4 Å². The summed E-state index contributed by atoms with van der Waals surface area (Å²) in [6, 6.07) is 11.0. The minimum atomic E-state index is -0.250. The molecule has 26 heavy (non-hydrogen) atoms. The normalized spacial score (nSPS) is 20.6. The average molecular weight is 364 g/mol. The number of carbonyl (C=O) groups is 2. The number of carboxylic acid groups (broad SMARTS) is 1. The van der Waals surface area contributed by atoms with E-state index in [1.165, 1.54) is 5.56 Å². The van der Waals surface area contributed by atoms with Crippen LogP contribution in [0, 0.1) is 5.92 Å². The maximum absolute atomic E-state index is 12.4. The molecule has 146 valence electrons. The predicted molar refractivity (Wildman–Crippen MR) is 104 cm³/mol. The van der Waals surface area contributed by atoms with Gasteiger partial charge in [0.15, 0.2) is 0 Å². The maximum Gasteiger partial charge on any atom is 0.290 e. The van der Waals surface area contributed by atoms with Gasteiger partial charge in [-0.25, -0.2) is 0 Å². The molecule has 0 unspecified atom stereocenters. The van der Waals surface area contributed by atoms with Crippen LogP contribution < -0.4 is 5.32 Å². The van der Waals surface area contributed by atoms with Gasteiger partial charge in [-0.1, -0.05) is 30.3 Å². The maximum atomic E-state index is 12.4. The molecule has 0 spiro atoms. The third kappa shape index (κ3) is 8.45. The molecule has 1 aliphatic heterocycles. The molecule has 2 N–H and O–H groups in total. The Morgan fingerprint density at radius 3 is 2.54 bits per heavy atom. The second kappa shape index (κ2) is 12.4. The van der Waals surface area contributed by atoms with Gasteiger partial charge in [-0.3, -0.25) is 9.59 Å². The molecule has 0 aromatic heterocycles. The second-order valence-electron chi connectivity index (χ2n) is 7.10. The molecule has 6 nitrogen and oxygen atoms in total. The number of amides is 1. The summed E-state index contributed by atoms with van der Waals surface area (Å²) in [5, 5.41) is 10.0. The number of aryl methyl sites for hydroxylation is 1. The van der Waals surface area contributed by atoms with Crippen LogP contribution >= 0.6 is 0 Å². The first-order valence-electron chi connectivity index (χ1n) is 9.22. The number of likely N-dealkylation sites (N-methyl/N-ethyl adjacent to an activating group) is 2. The first-order valence-corrected chi connectivity index (χ1v) is 9.22. The van der Waals surface area contributed by atoms with E-state index in [0.29, 0.717) is 6.04 Å². The van der Waals surface area contributed by atoms with Crippen molar-refractivity contribution in [3.63, 3.8) is 0 Å². The highest BCUT2D eigenvalue weighted by Gasteiger charge is 2.27. The molecule has 1 aromatic carbocycles. The monoisotopic (exact) mass is 363 g/mol. The topological polar surface area (TPSA) is 72.9 Å². The van der Waals surface area contributed by atoms with Crippen LogP contribution in [0.4, 0.5) is 0 Å². The molecule has 1 heterocycles. The number of rotatable bonds is 6. The number of benzene rings is 1. The van der Waals surface area contributed by atoms with Gasteiger partial charge in [0, 0.05) is 25.7 Å². The lowest BCUT2D eigenvalue weighted by Gasteiger charge is -2.25. The van der Waals surface area contributed by atoms with Crippen LogP contribution in [-0.2, 0) is 16.0 Å². The van der Waals surface area contributed by atoms with Crippen LogP contribution in [0.5, 0.6) is 0 Å². The molecule has 6 heteroatoms. The van der Waals surface area contributed by atoms with Gasteiger partial charge < -0.3 is 20.2 Å². The van der Waals surface area contributed by atoms with E-state index in [1.807, 2.05) is 6.07 Å². The molecular weight excluding hydrogens is 330 g/mol. The number of nitrogens with one attached hydrogen (secondary N) is 1. The molecule has 0 bridgehead atoms. The Balaban J connectivity index is 0.00000105. The number of likely N-dealkylation sites (tertiary alicyclic amines) is 1. The van der Waals surface area contributed by atoms with E-state index in [-0.39, 0.29) is 18.3 Å². The average Bonchev–Trinajstić information content (AvgIpc) is 2.82. The van der Waals surface area contributed by atoms with Crippen LogP contribution in [0.2, 0.25) is 0 Å². The fourth-order valence-electron chi connectivity index (χ4n) is 3.32. The van der Waals surface area contributed by atoms with E-state index in [4.69, 9.17) is 9.90 Å². The summed E-state index contributed by atoms with van der Waals surface area (Å²) in [6.45, 7) is 2.44. The van der Waals surface area contributed by atoms with Crippen LogP contribution in [-0.4, -0.2) is 74.1 Å². The third-order valence-corrected chi connectivity index (χ3v) is 4.79. The lowest BCUT2D eigenvalue weighted by Crippen LogP contribution is -2.39. The van der Waals surface area contributed by atoms with Gasteiger partial charge >= 0.3 is 0 Å². The summed E-state index contributed by atoms with van der Waals surface area (Å²) in [6.07, 6.45) is 4.10. The van der Waals surface area contributed by atoms with Gasteiger partial charge in [0.05, 0.1) is 5.92 Å². The molecular formula is C20H33N3O3. The van der Waals surface area contributed by atoms with E-state index < -0.39 is 0 Å². The van der Waals surface area contributed by atoms with Crippen LogP contribution in [0.25, 0.3) is 0 Å². The van der Waals surface area contributed by atoms with Crippen LogP contribution in [0.15, 0.2) is 30.3 Å². The zero-order valence-electron chi connectivity index (χ0n) is 16.2. The Labute approximate surface area is 157 Å². The number of hydrogen-bond acceptors (Lipinski definition) is 4. The lowest BCUT2D eigenvalue weighted by molar-refractivity contribution is -0.125. The number of carbonyl (C=O) groups excluding carboxylic acids is 1. The molecule has 1 aliphatic rings. The zero-order valence-corrected chi connectivity index (χ0v) is 16.2. The fraction of sp³-hybridized carbons (Fsp3) is 0.600. The Hall–Kier alpha value is -1.92. The zero-order chi connectivity index (χ0) is 19.4. The summed E-state index contributed by atoms with van der Waals surface area (Å²) in [4.78, 5) is 25.4. The summed E-state index contributed by atoms with van der Waals surface area (Å²) in [5.41, 5.74) is 1.34. The molecule has 0 aliphatic carbocycles. The number of hydrogen-bond donors (Lipinski definition) is 2. The van der Waals surface area contributed by atoms with Crippen LogP contribution in [0.3, 0.4) is 0 Å². The van der Waals surface area contributed by atoms with Crippen molar-refractivity contribution in [1.29, 1.82) is 0 Å². The van der Waals surface area contributed by atoms with Crippen molar-refractivity contribution in [2.24, 2.45) is 5.92 Å². The van der Waals surface area contributed by atoms with E-state index in [2.05, 4.69) is 60.5 Å². The molecule has 1 saturated heterocycles. The van der Waals surface area contributed by atoms with Crippen molar-refractivity contribution in [2.75, 3.05) is 40.8 Å². The molecule has 2 rings (SSSR count). The first-order chi connectivity index (χ1) is 12.5. The van der Waals surface area contributed by atoms with Gasteiger partial charge in [0.2, 0.25) is 5.91 Å². The molecule has 1 amide bonds. The second-order valence-corrected chi connectivity index (χ2v) is 7.10. The third-order valence-electron chi connectivity index (χ3n) is 4.79. The van der Waals surface area contributed by atoms with E-state index in [0.717, 1.165) is 45.3 Å². The Morgan fingerprint density at radius 2 is 1.92 bits per heavy atom. The SMILES string of the molecule is CN1C[C@H](C(=O)NCCCc2ccccc2)CC[C@H](N(C)C)C1.O=CO. The lowest BCUT2D eigenvalue weighted by atomic mass is 10.0. The van der Waals surface area contributed by atoms with Gasteiger partial charge in [0.25, 0.3) is 6.47 Å². The smallest absolute Gasteiger partial charge is 0.290 e. The van der Waals surface area contributed by atoms with Crippen LogP contribution in [0.1, 0.15) is 24.8 Å². The minimum Gasteiger partial charge on any atom is -0.483 e. The Bertz CT molecular complexity index is 522. The van der Waals surface area contributed by atoms with Gasteiger partial charge in [-0.2, -0.15) is 0 Å². The van der Waals surface area contributed by atoms with Crippen molar-refractivity contribution in [3.05, 3.63) is 35.9 Å². The highest BCUT2D eigenvalue weighted by molar-refractivity contribution is 5.78. The number of nitrogens with zero attached hydrogens (tertiary/aromatic N) is 2. The van der Waals surface area contributed by atoms with Crippen molar-refractivity contribution in [1.82, 2.24) is 15.1 Å². The van der Waals surface area contributed by atoms with E-state index >= 15 is 0 Å².